The molecule has 0 bridgehead atoms. The van der Waals surface area contributed by atoms with Crippen LogP contribution in [-0.4, -0.2) is 11.5 Å². The number of aryl methyl sites for hydroxylation is 1. The number of nitrogens with one attached hydrogen (secondary N) is 1. The van der Waals surface area contributed by atoms with Gasteiger partial charge in [0, 0.05) is 11.0 Å². The topological polar surface area (TPSA) is 24.9 Å². The van der Waals surface area contributed by atoms with Crippen LogP contribution in [0.1, 0.15) is 19.0 Å². The predicted molar refractivity (Wildman–Crippen MR) is 64.6 cm³/mol. The highest BCUT2D eigenvalue weighted by Gasteiger charge is 1.97. The Morgan fingerprint density at radius 3 is 2.93 bits per heavy atom. The molecule has 1 N–H and O–H groups in total. The van der Waals surface area contributed by atoms with Gasteiger partial charge < -0.3 is 5.32 Å². The SMILES string of the molecule is C/C=C/CCNc1ccc(Br)c(C)n1. The van der Waals surface area contributed by atoms with Crippen LogP contribution >= 0.6 is 15.9 Å². The number of aromatic nitrogens is 1. The van der Waals surface area contributed by atoms with Gasteiger partial charge >= 0.3 is 0 Å². The first-order valence-electron chi connectivity index (χ1n) is 4.72. The number of halogens is 1. The van der Waals surface area contributed by atoms with E-state index >= 15 is 0 Å². The second kappa shape index (κ2) is 5.81. The summed E-state index contributed by atoms with van der Waals surface area (Å²) >= 11 is 3.42. The summed E-state index contributed by atoms with van der Waals surface area (Å²) in [6.07, 6.45) is 5.23. The minimum Gasteiger partial charge on any atom is -0.370 e. The van der Waals surface area contributed by atoms with Crippen molar-refractivity contribution in [1.82, 2.24) is 4.98 Å². The van der Waals surface area contributed by atoms with Gasteiger partial charge in [0.15, 0.2) is 0 Å². The van der Waals surface area contributed by atoms with Crippen LogP contribution < -0.4 is 5.32 Å². The van der Waals surface area contributed by atoms with Gasteiger partial charge in [-0.3, -0.25) is 0 Å². The fourth-order valence-electron chi connectivity index (χ4n) is 1.09. The molecule has 0 aliphatic carbocycles. The fourth-order valence-corrected chi connectivity index (χ4v) is 1.31. The monoisotopic (exact) mass is 254 g/mol. The van der Waals surface area contributed by atoms with Gasteiger partial charge in [-0.05, 0) is 48.3 Å². The lowest BCUT2D eigenvalue weighted by Crippen LogP contribution is -2.02. The van der Waals surface area contributed by atoms with Crippen molar-refractivity contribution in [2.24, 2.45) is 0 Å². The smallest absolute Gasteiger partial charge is 0.126 e. The van der Waals surface area contributed by atoms with Gasteiger partial charge in [-0.15, -0.1) is 0 Å². The first-order chi connectivity index (χ1) is 6.74. The first kappa shape index (κ1) is 11.2. The van der Waals surface area contributed by atoms with E-state index in [4.69, 9.17) is 0 Å². The maximum atomic E-state index is 4.39. The lowest BCUT2D eigenvalue weighted by Gasteiger charge is -2.05. The Kier molecular flexibility index (Phi) is 4.66. The van der Waals surface area contributed by atoms with E-state index in [1.807, 2.05) is 26.0 Å². The Morgan fingerprint density at radius 1 is 1.50 bits per heavy atom. The normalized spacial score (nSPS) is 10.8. The van der Waals surface area contributed by atoms with E-state index in [1.165, 1.54) is 0 Å². The van der Waals surface area contributed by atoms with Crippen LogP contribution in [0.25, 0.3) is 0 Å². The van der Waals surface area contributed by atoms with E-state index in [0.717, 1.165) is 29.0 Å². The number of pyridine rings is 1. The second-order valence-electron chi connectivity index (χ2n) is 3.05. The molecule has 0 unspecified atom stereocenters. The molecule has 0 amide bonds. The first-order valence-corrected chi connectivity index (χ1v) is 5.51. The average molecular weight is 255 g/mol. The summed E-state index contributed by atoms with van der Waals surface area (Å²) in [5.74, 6) is 0.940. The number of rotatable bonds is 4. The second-order valence-corrected chi connectivity index (χ2v) is 3.90. The zero-order chi connectivity index (χ0) is 10.4. The molecule has 1 aromatic heterocycles. The standard InChI is InChI=1S/C11H15BrN2/c1-3-4-5-8-13-11-7-6-10(12)9(2)14-11/h3-4,6-7H,5,8H2,1-2H3,(H,13,14)/b4-3+. The summed E-state index contributed by atoms with van der Waals surface area (Å²) in [7, 11) is 0. The molecule has 14 heavy (non-hydrogen) atoms. The summed E-state index contributed by atoms with van der Waals surface area (Å²) in [6.45, 7) is 4.95. The van der Waals surface area contributed by atoms with Gasteiger partial charge in [-0.25, -0.2) is 4.98 Å². The summed E-state index contributed by atoms with van der Waals surface area (Å²) < 4.78 is 1.05. The average Bonchev–Trinajstić information content (AvgIpc) is 2.18. The van der Waals surface area contributed by atoms with E-state index in [-0.39, 0.29) is 0 Å². The van der Waals surface area contributed by atoms with Crippen LogP contribution in [0.4, 0.5) is 5.82 Å². The van der Waals surface area contributed by atoms with Crippen molar-refractivity contribution >= 4 is 21.7 Å². The van der Waals surface area contributed by atoms with Crippen LogP contribution in [0.5, 0.6) is 0 Å². The molecule has 0 aliphatic rings. The van der Waals surface area contributed by atoms with Gasteiger partial charge in [0.2, 0.25) is 0 Å². The van der Waals surface area contributed by atoms with Crippen molar-refractivity contribution in [3.05, 3.63) is 34.5 Å². The molecule has 76 valence electrons. The van der Waals surface area contributed by atoms with Crippen LogP contribution in [0, 0.1) is 6.92 Å². The Hall–Kier alpha value is -0.830. The van der Waals surface area contributed by atoms with E-state index in [1.54, 1.807) is 0 Å². The number of anilines is 1. The van der Waals surface area contributed by atoms with Crippen LogP contribution in [0.3, 0.4) is 0 Å². The van der Waals surface area contributed by atoms with Crippen molar-refractivity contribution in [2.75, 3.05) is 11.9 Å². The predicted octanol–water partition coefficient (Wildman–Crippen LogP) is 3.53. The number of hydrogen-bond acceptors (Lipinski definition) is 2. The molecule has 3 heteroatoms. The van der Waals surface area contributed by atoms with Gasteiger partial charge in [-0.1, -0.05) is 12.2 Å². The molecule has 1 heterocycles. The number of allylic oxidation sites excluding steroid dienone is 1. The van der Waals surface area contributed by atoms with Crippen molar-refractivity contribution < 1.29 is 0 Å². The Morgan fingerprint density at radius 2 is 2.29 bits per heavy atom. The van der Waals surface area contributed by atoms with Gasteiger partial charge in [0.05, 0.1) is 5.69 Å². The molecule has 0 aliphatic heterocycles. The third kappa shape index (κ3) is 3.50. The molecule has 0 saturated heterocycles. The summed E-state index contributed by atoms with van der Waals surface area (Å²) in [6, 6.07) is 3.99. The summed E-state index contributed by atoms with van der Waals surface area (Å²) in [5, 5.41) is 3.26. The maximum Gasteiger partial charge on any atom is 0.126 e. The molecule has 0 fully saturated rings. The lowest BCUT2D eigenvalue weighted by atomic mass is 10.3. The minimum atomic E-state index is 0.929. The molecule has 0 saturated carbocycles. The highest BCUT2D eigenvalue weighted by Crippen LogP contribution is 2.15. The highest BCUT2D eigenvalue weighted by atomic mass is 79.9. The van der Waals surface area contributed by atoms with Crippen LogP contribution in [0.15, 0.2) is 28.8 Å². The third-order valence-corrected chi connectivity index (χ3v) is 2.71. The lowest BCUT2D eigenvalue weighted by molar-refractivity contribution is 1.03. The van der Waals surface area contributed by atoms with Gasteiger partial charge in [0.25, 0.3) is 0 Å². The van der Waals surface area contributed by atoms with E-state index in [2.05, 4.69) is 38.4 Å². The zero-order valence-electron chi connectivity index (χ0n) is 8.55. The fraction of sp³-hybridized carbons (Fsp3) is 0.364. The van der Waals surface area contributed by atoms with Crippen molar-refractivity contribution in [3.8, 4) is 0 Å². The minimum absolute atomic E-state index is 0.929. The molecule has 0 spiro atoms. The summed E-state index contributed by atoms with van der Waals surface area (Å²) in [5.41, 5.74) is 1.01. The molecular formula is C11H15BrN2. The van der Waals surface area contributed by atoms with Crippen molar-refractivity contribution in [1.29, 1.82) is 0 Å². The number of hydrogen-bond donors (Lipinski definition) is 1. The van der Waals surface area contributed by atoms with Crippen LogP contribution in [-0.2, 0) is 0 Å². The molecule has 0 radical (unpaired) electrons. The zero-order valence-corrected chi connectivity index (χ0v) is 10.1. The molecule has 1 aromatic rings. The van der Waals surface area contributed by atoms with E-state index in [9.17, 15) is 0 Å². The van der Waals surface area contributed by atoms with Crippen molar-refractivity contribution in [3.63, 3.8) is 0 Å². The molecular weight excluding hydrogens is 240 g/mol. The Balaban J connectivity index is 2.47. The van der Waals surface area contributed by atoms with E-state index < -0.39 is 0 Å². The van der Waals surface area contributed by atoms with Crippen LogP contribution in [0.2, 0.25) is 0 Å². The van der Waals surface area contributed by atoms with Crippen molar-refractivity contribution in [2.45, 2.75) is 20.3 Å². The Labute approximate surface area is 93.6 Å². The summed E-state index contributed by atoms with van der Waals surface area (Å²) in [4.78, 5) is 4.39. The van der Waals surface area contributed by atoms with Gasteiger partial charge in [0.1, 0.15) is 5.82 Å². The molecule has 0 aromatic carbocycles. The molecule has 1 rings (SSSR count). The molecule has 0 atom stereocenters. The third-order valence-electron chi connectivity index (χ3n) is 1.87. The molecule has 2 nitrogen and oxygen atoms in total. The largest absolute Gasteiger partial charge is 0.370 e. The van der Waals surface area contributed by atoms with E-state index in [0.29, 0.717) is 0 Å². The van der Waals surface area contributed by atoms with Gasteiger partial charge in [-0.2, -0.15) is 0 Å². The number of nitrogens with zero attached hydrogens (tertiary/aromatic N) is 1. The quantitative estimate of drug-likeness (QED) is 0.657. The Bertz CT molecular complexity index is 321. The maximum absolute atomic E-state index is 4.39. The highest BCUT2D eigenvalue weighted by molar-refractivity contribution is 9.10.